The third-order valence-electron chi connectivity index (χ3n) is 5.86. The summed E-state index contributed by atoms with van der Waals surface area (Å²) in [5, 5.41) is 1.13. The summed E-state index contributed by atoms with van der Waals surface area (Å²) in [5.41, 5.74) is 0.522. The first kappa shape index (κ1) is 17.3. The van der Waals surface area contributed by atoms with Crippen molar-refractivity contribution in [2.75, 3.05) is 0 Å². The first-order valence-corrected chi connectivity index (χ1v) is 9.44. The van der Waals surface area contributed by atoms with E-state index in [1.54, 1.807) is 6.08 Å². The predicted octanol–water partition coefficient (Wildman–Crippen LogP) is 5.45. The minimum atomic E-state index is -0.931. The molecule has 6 heteroatoms. The van der Waals surface area contributed by atoms with Gasteiger partial charge in [0.05, 0.1) is 11.2 Å². The minimum Gasteiger partial charge on any atom is -0.398 e. The van der Waals surface area contributed by atoms with Crippen LogP contribution < -0.4 is 0 Å². The summed E-state index contributed by atoms with van der Waals surface area (Å²) in [5.74, 6) is 0. The fourth-order valence-electron chi connectivity index (χ4n) is 3.42. The fraction of sp³-hybridized carbons (Fsp3) is 0.474. The van der Waals surface area contributed by atoms with E-state index >= 15 is 0 Å². The Morgan fingerprint density at radius 3 is 2.44 bits per heavy atom. The number of hydrogen-bond donors (Lipinski definition) is 1. The van der Waals surface area contributed by atoms with Gasteiger partial charge in [0.2, 0.25) is 0 Å². The number of fused-ring (bicyclic) bond motifs is 1. The molecule has 1 aromatic carbocycles. The van der Waals surface area contributed by atoms with Gasteiger partial charge in [-0.15, -0.1) is 0 Å². The molecule has 1 saturated heterocycles. The zero-order valence-electron chi connectivity index (χ0n) is 15.0. The van der Waals surface area contributed by atoms with Gasteiger partial charge in [-0.05, 0) is 70.4 Å². The van der Waals surface area contributed by atoms with E-state index in [2.05, 4.69) is 27.0 Å². The molecule has 2 aromatic rings. The van der Waals surface area contributed by atoms with Crippen LogP contribution in [0.25, 0.3) is 10.9 Å². The average Bonchev–Trinajstić information content (AvgIpc) is 3.08. The zero-order chi connectivity index (χ0) is 18.0. The molecule has 2 heterocycles. The Labute approximate surface area is 156 Å². The molecule has 0 atom stereocenters. The molecule has 1 N–H and O–H groups in total. The van der Waals surface area contributed by atoms with Crippen molar-refractivity contribution in [1.82, 2.24) is 4.98 Å². The normalized spacial score (nSPS) is 24.1. The Balaban J connectivity index is 1.67. The Kier molecular flexibility index (Phi) is 3.77. The van der Waals surface area contributed by atoms with E-state index in [1.165, 1.54) is 0 Å². The van der Waals surface area contributed by atoms with E-state index < -0.39 is 18.3 Å². The zero-order valence-corrected chi connectivity index (χ0v) is 16.5. The summed E-state index contributed by atoms with van der Waals surface area (Å²) < 4.78 is 27.7. The van der Waals surface area contributed by atoms with Gasteiger partial charge in [-0.2, -0.15) is 0 Å². The van der Waals surface area contributed by atoms with Crippen molar-refractivity contribution in [3.63, 3.8) is 0 Å². The molecule has 0 amide bonds. The summed E-state index contributed by atoms with van der Waals surface area (Å²) in [6.07, 6.45) is 5.57. The van der Waals surface area contributed by atoms with Gasteiger partial charge in [-0.3, -0.25) is 0 Å². The first-order valence-electron chi connectivity index (χ1n) is 8.65. The average molecular weight is 406 g/mol. The van der Waals surface area contributed by atoms with E-state index in [4.69, 9.17) is 9.31 Å². The Morgan fingerprint density at radius 1 is 1.20 bits per heavy atom. The highest BCUT2D eigenvalue weighted by atomic mass is 79.9. The summed E-state index contributed by atoms with van der Waals surface area (Å²) >= 11 is 3.52. The molecule has 4 rings (SSSR count). The van der Waals surface area contributed by atoms with Crippen LogP contribution in [-0.2, 0) is 14.7 Å². The molecule has 0 bridgehead atoms. The lowest BCUT2D eigenvalue weighted by molar-refractivity contribution is 0.00578. The second kappa shape index (κ2) is 5.45. The number of benzene rings is 1. The van der Waals surface area contributed by atoms with Crippen molar-refractivity contribution in [2.24, 2.45) is 0 Å². The highest BCUT2D eigenvalue weighted by Crippen LogP contribution is 2.53. The van der Waals surface area contributed by atoms with Gasteiger partial charge in [-0.25, -0.2) is 4.39 Å². The number of halogens is 2. The smallest absolute Gasteiger partial charge is 0.398 e. The van der Waals surface area contributed by atoms with E-state index in [0.717, 1.165) is 33.8 Å². The third kappa shape index (κ3) is 2.79. The largest absolute Gasteiger partial charge is 0.524 e. The number of allylic oxidation sites excluding steroid dienone is 1. The summed E-state index contributed by atoms with van der Waals surface area (Å²) in [6, 6.07) is 6.12. The maximum Gasteiger partial charge on any atom is 0.524 e. The Bertz CT molecular complexity index is 853. The summed E-state index contributed by atoms with van der Waals surface area (Å²) in [4.78, 5) is 3.30. The van der Waals surface area contributed by atoms with Crippen molar-refractivity contribution < 1.29 is 13.7 Å². The lowest BCUT2D eigenvalue weighted by Crippen LogP contribution is -2.41. The second-order valence-corrected chi connectivity index (χ2v) is 9.08. The van der Waals surface area contributed by atoms with Crippen molar-refractivity contribution in [1.29, 1.82) is 0 Å². The van der Waals surface area contributed by atoms with Gasteiger partial charge in [0.25, 0.3) is 0 Å². The van der Waals surface area contributed by atoms with Crippen LogP contribution in [0.4, 0.5) is 4.39 Å². The van der Waals surface area contributed by atoms with Crippen molar-refractivity contribution in [2.45, 2.75) is 57.2 Å². The van der Waals surface area contributed by atoms with E-state index in [-0.39, 0.29) is 11.1 Å². The van der Waals surface area contributed by atoms with E-state index in [0.29, 0.717) is 0 Å². The van der Waals surface area contributed by atoms with Crippen molar-refractivity contribution in [3.8, 4) is 0 Å². The van der Waals surface area contributed by atoms with Gasteiger partial charge in [0, 0.05) is 27.0 Å². The summed E-state index contributed by atoms with van der Waals surface area (Å²) in [7, 11) is -0.931. The molecular formula is C19H22BBrFNO2. The molecule has 1 aliphatic heterocycles. The topological polar surface area (TPSA) is 34.2 Å². The molecule has 2 aliphatic rings. The third-order valence-corrected chi connectivity index (χ3v) is 6.35. The molecule has 0 radical (unpaired) electrons. The molecule has 25 heavy (non-hydrogen) atoms. The van der Waals surface area contributed by atoms with Crippen LogP contribution in [-0.4, -0.2) is 23.3 Å². The maximum absolute atomic E-state index is 15.0. The van der Waals surface area contributed by atoms with E-state index in [9.17, 15) is 4.39 Å². The van der Waals surface area contributed by atoms with Crippen LogP contribution in [0.5, 0.6) is 0 Å². The van der Waals surface area contributed by atoms with Crippen LogP contribution in [0.3, 0.4) is 0 Å². The lowest BCUT2D eigenvalue weighted by Gasteiger charge is -2.32. The number of aromatic amines is 1. The van der Waals surface area contributed by atoms with Crippen LogP contribution in [0.1, 0.15) is 46.1 Å². The van der Waals surface area contributed by atoms with Crippen LogP contribution in [0.15, 0.2) is 40.7 Å². The predicted molar refractivity (Wildman–Crippen MR) is 102 cm³/mol. The molecule has 1 aliphatic carbocycles. The maximum atomic E-state index is 15.0. The second-order valence-electron chi connectivity index (χ2n) is 8.17. The van der Waals surface area contributed by atoms with Gasteiger partial charge < -0.3 is 14.3 Å². The molecular weight excluding hydrogens is 384 g/mol. The standard InChI is InChI=1S/C19H22BBrFNO2/c1-17(2)18(3,4)25-20(24-17)16(22)10-19(7-8-19)14-11-23-15-6-5-12(21)9-13(14)15/h5-6,9-11,23H,7-8H2,1-4H3. The highest BCUT2D eigenvalue weighted by Gasteiger charge is 2.54. The Morgan fingerprint density at radius 2 is 1.84 bits per heavy atom. The molecule has 2 fully saturated rings. The lowest BCUT2D eigenvalue weighted by atomic mass is 9.83. The SMILES string of the molecule is CC1(C)OB(C(F)=CC2(c3c[nH]c4ccc(Br)cc34)CC2)OC1(C)C. The highest BCUT2D eigenvalue weighted by molar-refractivity contribution is 9.10. The van der Waals surface area contributed by atoms with Gasteiger partial charge >= 0.3 is 7.12 Å². The number of H-pyrrole nitrogens is 1. The number of rotatable bonds is 3. The molecule has 3 nitrogen and oxygen atoms in total. The van der Waals surface area contributed by atoms with Crippen molar-refractivity contribution in [3.05, 3.63) is 46.2 Å². The fourth-order valence-corrected chi connectivity index (χ4v) is 3.78. The van der Waals surface area contributed by atoms with Crippen molar-refractivity contribution >= 4 is 34.0 Å². The van der Waals surface area contributed by atoms with Crippen LogP contribution in [0, 0.1) is 0 Å². The van der Waals surface area contributed by atoms with Gasteiger partial charge in [0.1, 0.15) is 5.73 Å². The van der Waals surface area contributed by atoms with Crippen LogP contribution in [0.2, 0.25) is 0 Å². The molecule has 1 aromatic heterocycles. The van der Waals surface area contributed by atoms with E-state index in [1.807, 2.05) is 46.0 Å². The molecule has 0 spiro atoms. The molecule has 1 saturated carbocycles. The minimum absolute atomic E-state index is 0.271. The van der Waals surface area contributed by atoms with Crippen LogP contribution >= 0.6 is 15.9 Å². The molecule has 132 valence electrons. The monoisotopic (exact) mass is 405 g/mol. The van der Waals surface area contributed by atoms with Gasteiger partial charge in [0.15, 0.2) is 0 Å². The molecule has 0 unspecified atom stereocenters. The first-order chi connectivity index (χ1) is 11.6. The Hall–Kier alpha value is -1.11. The number of nitrogens with one attached hydrogen (secondary N) is 1. The van der Waals surface area contributed by atoms with Gasteiger partial charge in [-0.1, -0.05) is 15.9 Å². The quantitative estimate of drug-likeness (QED) is 0.689. The summed E-state index contributed by atoms with van der Waals surface area (Å²) in [6.45, 7) is 7.74. The number of aromatic nitrogens is 1. The number of hydrogen-bond acceptors (Lipinski definition) is 2.